The van der Waals surface area contributed by atoms with Crippen molar-refractivity contribution in [3.8, 4) is 0 Å². The van der Waals surface area contributed by atoms with Gasteiger partial charge in [0.25, 0.3) is 0 Å². The van der Waals surface area contributed by atoms with Gasteiger partial charge in [0.05, 0.1) is 6.54 Å². The third-order valence-electron chi connectivity index (χ3n) is 2.97. The Kier molecular flexibility index (Phi) is 8.51. The van der Waals surface area contributed by atoms with Crippen molar-refractivity contribution in [3.63, 3.8) is 0 Å². The van der Waals surface area contributed by atoms with Crippen LogP contribution in [0.3, 0.4) is 0 Å². The van der Waals surface area contributed by atoms with Crippen LogP contribution >= 0.6 is 0 Å². The zero-order valence-corrected chi connectivity index (χ0v) is 12.9. The molecule has 0 radical (unpaired) electrons. The van der Waals surface area contributed by atoms with E-state index < -0.39 is 0 Å². The van der Waals surface area contributed by atoms with Gasteiger partial charge in [-0.3, -0.25) is 9.98 Å². The summed E-state index contributed by atoms with van der Waals surface area (Å²) >= 11 is 0. The molecule has 0 fully saturated rings. The van der Waals surface area contributed by atoms with Gasteiger partial charge in [0.15, 0.2) is 0 Å². The molecule has 0 aromatic heterocycles. The van der Waals surface area contributed by atoms with Crippen molar-refractivity contribution in [2.24, 2.45) is 21.8 Å². The molecule has 1 aliphatic rings. The number of aliphatic imine (C=N–C) groups is 2. The Labute approximate surface area is 112 Å². The predicted molar refractivity (Wildman–Crippen MR) is 82.6 cm³/mol. The number of rotatable bonds is 4. The van der Waals surface area contributed by atoms with Crippen molar-refractivity contribution in [2.75, 3.05) is 13.1 Å². The first-order valence-corrected chi connectivity index (χ1v) is 6.92. The second-order valence-electron chi connectivity index (χ2n) is 5.52. The number of hydrogen-bond acceptors (Lipinski definition) is 3. The lowest BCUT2D eigenvalue weighted by Gasteiger charge is -2.02. The lowest BCUT2D eigenvalue weighted by atomic mass is 10.1. The summed E-state index contributed by atoms with van der Waals surface area (Å²) in [6.07, 6.45) is 2.53. The van der Waals surface area contributed by atoms with Gasteiger partial charge in [-0.15, -0.1) is 0 Å². The number of nitrogens with one attached hydrogen (secondary N) is 1. The van der Waals surface area contributed by atoms with Crippen LogP contribution in [0.25, 0.3) is 0 Å². The highest BCUT2D eigenvalue weighted by molar-refractivity contribution is 5.88. The molecular formula is C15H29N3. The first-order chi connectivity index (χ1) is 8.34. The van der Waals surface area contributed by atoms with Crippen LogP contribution in [0.4, 0.5) is 0 Å². The lowest BCUT2D eigenvalue weighted by Crippen LogP contribution is -2.05. The van der Waals surface area contributed by atoms with E-state index in [9.17, 15) is 0 Å². The average molecular weight is 251 g/mol. The van der Waals surface area contributed by atoms with Crippen LogP contribution in [0, 0.1) is 17.2 Å². The molecular weight excluding hydrogens is 222 g/mol. The highest BCUT2D eigenvalue weighted by Gasteiger charge is 2.08. The fraction of sp³-hybridized carbons (Fsp3) is 0.800. The first kappa shape index (κ1) is 17.0. The fourth-order valence-corrected chi connectivity index (χ4v) is 1.46. The van der Waals surface area contributed by atoms with E-state index in [0.717, 1.165) is 12.3 Å². The maximum Gasteiger partial charge on any atom is 0.0761 e. The third-order valence-corrected chi connectivity index (χ3v) is 2.97. The molecule has 0 amide bonds. The molecule has 0 aromatic rings. The van der Waals surface area contributed by atoms with Crippen LogP contribution in [0.2, 0.25) is 0 Å². The van der Waals surface area contributed by atoms with E-state index in [-0.39, 0.29) is 0 Å². The quantitative estimate of drug-likeness (QED) is 0.734. The van der Waals surface area contributed by atoms with E-state index in [2.05, 4.69) is 37.7 Å². The summed E-state index contributed by atoms with van der Waals surface area (Å²) in [6, 6.07) is 0. The summed E-state index contributed by atoms with van der Waals surface area (Å²) in [7, 11) is 0. The maximum absolute atomic E-state index is 7.12. The fourth-order valence-electron chi connectivity index (χ4n) is 1.46. The molecule has 104 valence electrons. The van der Waals surface area contributed by atoms with E-state index in [0.29, 0.717) is 24.1 Å². The van der Waals surface area contributed by atoms with Gasteiger partial charge in [-0.2, -0.15) is 0 Å². The van der Waals surface area contributed by atoms with E-state index in [1.54, 1.807) is 6.92 Å². The molecule has 0 atom stereocenters. The molecule has 0 aromatic carbocycles. The van der Waals surface area contributed by atoms with Crippen LogP contribution in [0.15, 0.2) is 9.98 Å². The molecule has 0 bridgehead atoms. The normalized spacial score (nSPS) is 15.6. The summed E-state index contributed by atoms with van der Waals surface area (Å²) in [6.45, 7) is 14.1. The highest BCUT2D eigenvalue weighted by atomic mass is 14.8. The molecule has 0 saturated heterocycles. The molecule has 18 heavy (non-hydrogen) atoms. The molecule has 1 N–H and O–H groups in total. The molecule has 0 unspecified atom stereocenters. The highest BCUT2D eigenvalue weighted by Crippen LogP contribution is 2.10. The van der Waals surface area contributed by atoms with Gasteiger partial charge >= 0.3 is 0 Å². The van der Waals surface area contributed by atoms with E-state index in [1.807, 2.05) is 6.92 Å². The summed E-state index contributed by atoms with van der Waals surface area (Å²) < 4.78 is 0. The van der Waals surface area contributed by atoms with Crippen molar-refractivity contribution >= 4 is 17.1 Å². The van der Waals surface area contributed by atoms with Gasteiger partial charge in [0, 0.05) is 23.7 Å². The van der Waals surface area contributed by atoms with Crippen molar-refractivity contribution < 1.29 is 0 Å². The topological polar surface area (TPSA) is 48.6 Å². The zero-order chi connectivity index (χ0) is 14.1. The van der Waals surface area contributed by atoms with Gasteiger partial charge in [0.2, 0.25) is 0 Å². The summed E-state index contributed by atoms with van der Waals surface area (Å²) in [4.78, 5) is 8.57. The Morgan fingerprint density at radius 3 is 2.17 bits per heavy atom. The van der Waals surface area contributed by atoms with Crippen LogP contribution in [-0.2, 0) is 0 Å². The molecule has 0 aliphatic carbocycles. The van der Waals surface area contributed by atoms with Crippen LogP contribution in [-0.4, -0.2) is 30.2 Å². The van der Waals surface area contributed by atoms with Gasteiger partial charge in [-0.1, -0.05) is 27.7 Å². The van der Waals surface area contributed by atoms with Gasteiger partial charge in [-0.25, -0.2) is 0 Å². The molecule has 1 rings (SSSR count). The second-order valence-corrected chi connectivity index (χ2v) is 5.52. The first-order valence-electron chi connectivity index (χ1n) is 6.92. The van der Waals surface area contributed by atoms with Crippen LogP contribution < -0.4 is 0 Å². The number of hydrogen-bond donors (Lipinski definition) is 1. The third kappa shape index (κ3) is 8.15. The molecule has 3 heteroatoms. The van der Waals surface area contributed by atoms with Gasteiger partial charge < -0.3 is 5.41 Å². The molecule has 0 saturated carbocycles. The van der Waals surface area contributed by atoms with Crippen LogP contribution in [0.1, 0.15) is 54.4 Å². The molecule has 1 heterocycles. The van der Waals surface area contributed by atoms with Gasteiger partial charge in [-0.05, 0) is 38.5 Å². The Bertz CT molecular complexity index is 312. The van der Waals surface area contributed by atoms with Crippen molar-refractivity contribution in [3.05, 3.63) is 0 Å². The minimum Gasteiger partial charge on any atom is -0.308 e. The predicted octanol–water partition coefficient (Wildman–Crippen LogP) is 4.02. The largest absolute Gasteiger partial charge is 0.308 e. The van der Waals surface area contributed by atoms with Crippen molar-refractivity contribution in [1.29, 1.82) is 5.41 Å². The van der Waals surface area contributed by atoms with Crippen molar-refractivity contribution in [1.82, 2.24) is 0 Å². The molecule has 1 aliphatic heterocycles. The molecule has 0 spiro atoms. The standard InChI is InChI=1S/C8H16N2.C7H13N/c1-6(2)8(4)10-5-7(3)9;1-6(2)7-4-3-5-8-7/h6,9H,5H2,1-4H3;6H,3-5H2,1-2H3. The minimum absolute atomic E-state index is 0.513. The van der Waals surface area contributed by atoms with E-state index >= 15 is 0 Å². The summed E-state index contributed by atoms with van der Waals surface area (Å²) in [5, 5.41) is 7.12. The monoisotopic (exact) mass is 251 g/mol. The average Bonchev–Trinajstić information content (AvgIpc) is 2.79. The number of nitrogens with zero attached hydrogens (tertiary/aromatic N) is 2. The molecule has 3 nitrogen and oxygen atoms in total. The van der Waals surface area contributed by atoms with E-state index in [1.165, 1.54) is 18.6 Å². The Balaban J connectivity index is 0.000000327. The Hall–Kier alpha value is -0.990. The lowest BCUT2D eigenvalue weighted by molar-refractivity contribution is 0.860. The SMILES string of the molecule is CC(=N)CN=C(C)C(C)C.CC(C)C1=NCCC1. The van der Waals surface area contributed by atoms with Gasteiger partial charge in [0.1, 0.15) is 0 Å². The Morgan fingerprint density at radius 1 is 1.28 bits per heavy atom. The summed E-state index contributed by atoms with van der Waals surface area (Å²) in [5.41, 5.74) is 3.18. The summed E-state index contributed by atoms with van der Waals surface area (Å²) in [5.74, 6) is 1.21. The smallest absolute Gasteiger partial charge is 0.0761 e. The maximum atomic E-state index is 7.12. The second kappa shape index (κ2) is 9.01. The van der Waals surface area contributed by atoms with Crippen molar-refractivity contribution in [2.45, 2.75) is 54.4 Å². The Morgan fingerprint density at radius 2 is 1.89 bits per heavy atom. The van der Waals surface area contributed by atoms with Crippen LogP contribution in [0.5, 0.6) is 0 Å². The van der Waals surface area contributed by atoms with E-state index in [4.69, 9.17) is 5.41 Å². The zero-order valence-electron chi connectivity index (χ0n) is 12.9. The minimum atomic E-state index is 0.513.